The van der Waals surface area contributed by atoms with E-state index < -0.39 is 18.0 Å². The molecule has 1 unspecified atom stereocenters. The number of hydrogen-bond acceptors (Lipinski definition) is 3. The standard InChI is InChI=1S/C5H8N2O3/c6-3-1-2-7(4(3)8)5(9)10/h3H,1-2,6H2,(H,9,10). The molecule has 2 amide bonds. The molecule has 0 radical (unpaired) electrons. The summed E-state index contributed by atoms with van der Waals surface area (Å²) in [6, 6.07) is -0.615. The summed E-state index contributed by atoms with van der Waals surface area (Å²) in [4.78, 5) is 21.7. The number of amides is 2. The summed E-state index contributed by atoms with van der Waals surface area (Å²) in [6.45, 7) is 0.231. The average Bonchev–Trinajstić information content (AvgIpc) is 2.14. The van der Waals surface area contributed by atoms with Crippen molar-refractivity contribution in [1.29, 1.82) is 0 Å². The van der Waals surface area contributed by atoms with Crippen LogP contribution in [-0.2, 0) is 4.79 Å². The molecule has 56 valence electrons. The summed E-state index contributed by atoms with van der Waals surface area (Å²) >= 11 is 0. The molecule has 1 aliphatic rings. The van der Waals surface area contributed by atoms with E-state index in [1.165, 1.54) is 0 Å². The summed E-state index contributed by atoms with van der Waals surface area (Å²) in [5.74, 6) is -0.493. The second-order valence-electron chi connectivity index (χ2n) is 2.17. The van der Waals surface area contributed by atoms with Gasteiger partial charge in [-0.25, -0.2) is 9.69 Å². The normalized spacial score (nSPS) is 25.5. The molecule has 0 saturated carbocycles. The van der Waals surface area contributed by atoms with Crippen molar-refractivity contribution in [2.75, 3.05) is 6.54 Å². The largest absolute Gasteiger partial charge is 0.465 e. The highest BCUT2D eigenvalue weighted by Crippen LogP contribution is 2.08. The van der Waals surface area contributed by atoms with E-state index in [0.29, 0.717) is 6.42 Å². The van der Waals surface area contributed by atoms with E-state index in [1.807, 2.05) is 0 Å². The van der Waals surface area contributed by atoms with E-state index in [1.54, 1.807) is 0 Å². The maximum Gasteiger partial charge on any atom is 0.414 e. The number of imide groups is 1. The molecule has 1 atom stereocenters. The molecular formula is C5H8N2O3. The molecule has 5 heteroatoms. The molecular weight excluding hydrogens is 136 g/mol. The van der Waals surface area contributed by atoms with Gasteiger partial charge in [-0.15, -0.1) is 0 Å². The molecule has 0 bridgehead atoms. The molecule has 0 aromatic rings. The quantitative estimate of drug-likeness (QED) is 0.467. The summed E-state index contributed by atoms with van der Waals surface area (Å²) in [5, 5.41) is 8.35. The van der Waals surface area contributed by atoms with E-state index in [2.05, 4.69) is 0 Å². The van der Waals surface area contributed by atoms with Crippen LogP contribution in [0.4, 0.5) is 4.79 Å². The first kappa shape index (κ1) is 7.01. The van der Waals surface area contributed by atoms with Crippen molar-refractivity contribution in [1.82, 2.24) is 4.90 Å². The van der Waals surface area contributed by atoms with Gasteiger partial charge in [0.15, 0.2) is 0 Å². The molecule has 1 heterocycles. The lowest BCUT2D eigenvalue weighted by Gasteiger charge is -2.07. The van der Waals surface area contributed by atoms with E-state index in [9.17, 15) is 9.59 Å². The van der Waals surface area contributed by atoms with Crippen molar-refractivity contribution in [3.05, 3.63) is 0 Å². The van der Waals surface area contributed by atoms with Gasteiger partial charge in [-0.05, 0) is 6.42 Å². The van der Waals surface area contributed by atoms with Crippen LogP contribution in [0.15, 0.2) is 0 Å². The Kier molecular flexibility index (Phi) is 1.58. The highest BCUT2D eigenvalue weighted by Gasteiger charge is 2.32. The molecule has 1 aliphatic heterocycles. The van der Waals surface area contributed by atoms with Gasteiger partial charge in [0.25, 0.3) is 0 Å². The van der Waals surface area contributed by atoms with Crippen molar-refractivity contribution in [3.8, 4) is 0 Å². The first-order valence-electron chi connectivity index (χ1n) is 2.93. The van der Waals surface area contributed by atoms with Gasteiger partial charge in [0.05, 0.1) is 6.04 Å². The Morgan fingerprint density at radius 2 is 2.40 bits per heavy atom. The van der Waals surface area contributed by atoms with Gasteiger partial charge in [-0.2, -0.15) is 0 Å². The summed E-state index contributed by atoms with van der Waals surface area (Å²) in [6.07, 6.45) is -0.775. The molecule has 5 nitrogen and oxygen atoms in total. The SMILES string of the molecule is NC1CCN(C(=O)O)C1=O. The van der Waals surface area contributed by atoms with Gasteiger partial charge in [0.1, 0.15) is 0 Å². The number of rotatable bonds is 0. The molecule has 0 spiro atoms. The van der Waals surface area contributed by atoms with Crippen LogP contribution in [0.2, 0.25) is 0 Å². The van der Waals surface area contributed by atoms with Gasteiger partial charge in [0, 0.05) is 6.54 Å². The third kappa shape index (κ3) is 0.950. The summed E-state index contributed by atoms with van der Waals surface area (Å²) in [7, 11) is 0. The second kappa shape index (κ2) is 2.26. The lowest BCUT2D eigenvalue weighted by atomic mass is 10.3. The van der Waals surface area contributed by atoms with Crippen LogP contribution in [0.1, 0.15) is 6.42 Å². The molecule has 3 N–H and O–H groups in total. The van der Waals surface area contributed by atoms with Crippen molar-refractivity contribution in [2.24, 2.45) is 5.73 Å². The van der Waals surface area contributed by atoms with Gasteiger partial charge >= 0.3 is 6.09 Å². The third-order valence-corrected chi connectivity index (χ3v) is 1.48. The van der Waals surface area contributed by atoms with Crippen LogP contribution in [0, 0.1) is 0 Å². The zero-order valence-electron chi connectivity index (χ0n) is 5.28. The fourth-order valence-electron chi connectivity index (χ4n) is 0.892. The lowest BCUT2D eigenvalue weighted by Crippen LogP contribution is -2.37. The first-order valence-corrected chi connectivity index (χ1v) is 2.93. The zero-order chi connectivity index (χ0) is 7.72. The van der Waals surface area contributed by atoms with Crippen molar-refractivity contribution < 1.29 is 14.7 Å². The Balaban J connectivity index is 2.66. The molecule has 1 fully saturated rings. The van der Waals surface area contributed by atoms with Crippen LogP contribution >= 0.6 is 0 Å². The molecule has 1 saturated heterocycles. The Hall–Kier alpha value is -1.10. The first-order chi connectivity index (χ1) is 4.63. The predicted molar refractivity (Wildman–Crippen MR) is 32.3 cm³/mol. The summed E-state index contributed by atoms with van der Waals surface area (Å²) < 4.78 is 0. The van der Waals surface area contributed by atoms with E-state index in [4.69, 9.17) is 10.8 Å². The van der Waals surface area contributed by atoms with Crippen LogP contribution in [0.25, 0.3) is 0 Å². The van der Waals surface area contributed by atoms with E-state index in [-0.39, 0.29) is 6.54 Å². The van der Waals surface area contributed by atoms with Gasteiger partial charge < -0.3 is 10.8 Å². The van der Waals surface area contributed by atoms with Crippen molar-refractivity contribution in [2.45, 2.75) is 12.5 Å². The van der Waals surface area contributed by atoms with E-state index in [0.717, 1.165) is 4.90 Å². The monoisotopic (exact) mass is 144 g/mol. The minimum absolute atomic E-state index is 0.231. The molecule has 0 aliphatic carbocycles. The lowest BCUT2D eigenvalue weighted by molar-refractivity contribution is -0.126. The number of carboxylic acid groups (broad SMARTS) is 1. The number of nitrogens with zero attached hydrogens (tertiary/aromatic N) is 1. The second-order valence-corrected chi connectivity index (χ2v) is 2.17. The fourth-order valence-corrected chi connectivity index (χ4v) is 0.892. The number of carbonyl (C=O) groups is 2. The van der Waals surface area contributed by atoms with Crippen LogP contribution < -0.4 is 5.73 Å². The van der Waals surface area contributed by atoms with Gasteiger partial charge in [0.2, 0.25) is 5.91 Å². The van der Waals surface area contributed by atoms with Crippen LogP contribution in [-0.4, -0.2) is 34.6 Å². The van der Waals surface area contributed by atoms with E-state index >= 15 is 0 Å². The number of nitrogens with two attached hydrogens (primary N) is 1. The zero-order valence-corrected chi connectivity index (χ0v) is 5.28. The number of carbonyl (C=O) groups excluding carboxylic acids is 1. The van der Waals surface area contributed by atoms with Gasteiger partial charge in [-0.3, -0.25) is 4.79 Å². The summed E-state index contributed by atoms with van der Waals surface area (Å²) in [5.41, 5.74) is 5.25. The highest BCUT2D eigenvalue weighted by atomic mass is 16.4. The molecule has 10 heavy (non-hydrogen) atoms. The van der Waals surface area contributed by atoms with Crippen LogP contribution in [0.5, 0.6) is 0 Å². The maximum atomic E-state index is 10.8. The Morgan fingerprint density at radius 3 is 2.60 bits per heavy atom. The number of hydrogen-bond donors (Lipinski definition) is 2. The number of likely N-dealkylation sites (tertiary alicyclic amines) is 1. The van der Waals surface area contributed by atoms with Crippen molar-refractivity contribution >= 4 is 12.0 Å². The molecule has 1 rings (SSSR count). The fraction of sp³-hybridized carbons (Fsp3) is 0.600. The van der Waals surface area contributed by atoms with Gasteiger partial charge in [-0.1, -0.05) is 0 Å². The molecule has 0 aromatic carbocycles. The Labute approximate surface area is 57.4 Å². The predicted octanol–water partition coefficient (Wildman–Crippen LogP) is -0.776. The highest BCUT2D eigenvalue weighted by molar-refractivity contribution is 5.95. The van der Waals surface area contributed by atoms with Crippen LogP contribution in [0.3, 0.4) is 0 Å². The average molecular weight is 144 g/mol. The maximum absolute atomic E-state index is 10.8. The Morgan fingerprint density at radius 1 is 1.80 bits per heavy atom. The topological polar surface area (TPSA) is 83.6 Å². The van der Waals surface area contributed by atoms with Crippen molar-refractivity contribution in [3.63, 3.8) is 0 Å². The minimum Gasteiger partial charge on any atom is -0.465 e. The molecule has 0 aromatic heterocycles. The smallest absolute Gasteiger partial charge is 0.414 e. The third-order valence-electron chi connectivity index (χ3n) is 1.48. The Bertz CT molecular complexity index is 180. The minimum atomic E-state index is -1.21.